The molecular formula is C21H34O3. The second-order valence-electron chi connectivity index (χ2n) is 7.34. The first kappa shape index (κ1) is 19.3. The number of unbranched alkanes of at least 4 members (excludes halogenated alkanes) is 3. The van der Waals surface area contributed by atoms with Crippen LogP contribution in [0.4, 0.5) is 0 Å². The topological polar surface area (TPSA) is 53.6 Å². The molecule has 1 heterocycles. The molecule has 0 aromatic carbocycles. The fraction of sp³-hybridized carbons (Fsp3) is 0.714. The van der Waals surface area contributed by atoms with Crippen molar-refractivity contribution < 1.29 is 14.6 Å². The number of furan rings is 1. The van der Waals surface area contributed by atoms with Gasteiger partial charge in [-0.1, -0.05) is 58.6 Å². The molecule has 0 spiro atoms. The molecule has 3 nitrogen and oxygen atoms in total. The van der Waals surface area contributed by atoms with Crippen molar-refractivity contribution >= 4 is 0 Å². The quantitative estimate of drug-likeness (QED) is 0.479. The number of aryl methyl sites for hydroxylation is 1. The highest BCUT2D eigenvalue weighted by molar-refractivity contribution is 5.36. The Balaban J connectivity index is 1.97. The minimum Gasteiger partial charge on any atom is -0.466 e. The normalized spacial score (nSPS) is 22.9. The van der Waals surface area contributed by atoms with E-state index in [4.69, 9.17) is 4.42 Å². The summed E-state index contributed by atoms with van der Waals surface area (Å²) >= 11 is 0. The van der Waals surface area contributed by atoms with Gasteiger partial charge in [-0.05, 0) is 24.8 Å². The molecule has 0 radical (unpaired) electrons. The van der Waals surface area contributed by atoms with Crippen LogP contribution < -0.4 is 0 Å². The first-order chi connectivity index (χ1) is 11.6. The molecule has 1 unspecified atom stereocenters. The Labute approximate surface area is 146 Å². The Kier molecular flexibility index (Phi) is 7.57. The van der Waals surface area contributed by atoms with Crippen LogP contribution in [-0.2, 0) is 12.8 Å². The lowest BCUT2D eigenvalue weighted by molar-refractivity contribution is 0.151. The number of hydrogen-bond donors (Lipinski definition) is 2. The van der Waals surface area contributed by atoms with Gasteiger partial charge in [0.05, 0.1) is 12.2 Å². The SMILES string of the molecule is CCCCCc1cc2c(o1)C[C@@H](O)[C@@H]2/C=C/[C@@H](O)C(C)CCCC. The van der Waals surface area contributed by atoms with Gasteiger partial charge in [0, 0.05) is 24.3 Å². The molecule has 3 heteroatoms. The van der Waals surface area contributed by atoms with Gasteiger partial charge in [0.1, 0.15) is 11.5 Å². The molecule has 0 fully saturated rings. The molecule has 2 rings (SSSR count). The van der Waals surface area contributed by atoms with Crippen LogP contribution in [0.2, 0.25) is 0 Å². The molecule has 2 N–H and O–H groups in total. The van der Waals surface area contributed by atoms with Crippen LogP contribution in [0.1, 0.15) is 82.3 Å². The fourth-order valence-corrected chi connectivity index (χ4v) is 3.49. The average Bonchev–Trinajstić information content (AvgIpc) is 3.07. The predicted octanol–water partition coefficient (Wildman–Crippen LogP) is 4.76. The number of rotatable bonds is 10. The van der Waals surface area contributed by atoms with E-state index in [1.165, 1.54) is 12.8 Å². The molecule has 0 saturated carbocycles. The predicted molar refractivity (Wildman–Crippen MR) is 98.2 cm³/mol. The largest absolute Gasteiger partial charge is 0.466 e. The van der Waals surface area contributed by atoms with Gasteiger partial charge in [0.25, 0.3) is 0 Å². The Morgan fingerprint density at radius 1 is 1.25 bits per heavy atom. The minimum absolute atomic E-state index is 0.0447. The number of aliphatic hydroxyl groups is 2. The zero-order chi connectivity index (χ0) is 17.5. The highest BCUT2D eigenvalue weighted by Crippen LogP contribution is 2.37. The van der Waals surface area contributed by atoms with E-state index in [1.54, 1.807) is 0 Å². The minimum atomic E-state index is -0.441. The van der Waals surface area contributed by atoms with Gasteiger partial charge in [-0.2, -0.15) is 0 Å². The van der Waals surface area contributed by atoms with Crippen LogP contribution in [0, 0.1) is 5.92 Å². The Morgan fingerprint density at radius 2 is 2.00 bits per heavy atom. The molecular weight excluding hydrogens is 300 g/mol. The maximum absolute atomic E-state index is 10.3. The lowest BCUT2D eigenvalue weighted by Crippen LogP contribution is -2.16. The first-order valence-corrected chi connectivity index (χ1v) is 9.72. The van der Waals surface area contributed by atoms with E-state index in [2.05, 4.69) is 26.8 Å². The van der Waals surface area contributed by atoms with Gasteiger partial charge in [-0.3, -0.25) is 0 Å². The Bertz CT molecular complexity index is 517. The zero-order valence-electron chi connectivity index (χ0n) is 15.5. The van der Waals surface area contributed by atoms with Crippen molar-refractivity contribution in [3.63, 3.8) is 0 Å². The van der Waals surface area contributed by atoms with Gasteiger partial charge in [0.15, 0.2) is 0 Å². The molecule has 4 atom stereocenters. The molecule has 0 bridgehead atoms. The van der Waals surface area contributed by atoms with Crippen molar-refractivity contribution in [3.05, 3.63) is 35.3 Å². The smallest absolute Gasteiger partial charge is 0.110 e. The van der Waals surface area contributed by atoms with E-state index in [-0.39, 0.29) is 11.8 Å². The van der Waals surface area contributed by atoms with Gasteiger partial charge in [-0.15, -0.1) is 0 Å². The summed E-state index contributed by atoms with van der Waals surface area (Å²) in [6.45, 7) is 6.46. The summed E-state index contributed by atoms with van der Waals surface area (Å²) in [5, 5.41) is 20.6. The van der Waals surface area contributed by atoms with E-state index in [0.717, 1.165) is 49.2 Å². The molecule has 1 aromatic heterocycles. The maximum Gasteiger partial charge on any atom is 0.110 e. The molecule has 0 saturated heterocycles. The van der Waals surface area contributed by atoms with Crippen molar-refractivity contribution in [2.45, 2.75) is 90.3 Å². The lowest BCUT2D eigenvalue weighted by atomic mass is 9.94. The summed E-state index contributed by atoms with van der Waals surface area (Å²) in [5.74, 6) is 2.18. The van der Waals surface area contributed by atoms with E-state index >= 15 is 0 Å². The molecule has 1 aliphatic rings. The van der Waals surface area contributed by atoms with Gasteiger partial charge in [0.2, 0.25) is 0 Å². The third-order valence-corrected chi connectivity index (χ3v) is 5.20. The standard InChI is InChI=1S/C21H34O3/c1-4-6-8-10-16-13-18-17(20(23)14-21(18)24-16)11-12-19(22)15(3)9-7-5-2/h11-13,15,17,19-20,22-23H,4-10,14H2,1-3H3/b12-11+/t15?,17-,19-,20-/m1/s1. The Morgan fingerprint density at radius 3 is 2.71 bits per heavy atom. The number of hydrogen-bond acceptors (Lipinski definition) is 3. The molecule has 0 amide bonds. The van der Waals surface area contributed by atoms with Crippen LogP contribution in [0.5, 0.6) is 0 Å². The molecule has 1 aliphatic carbocycles. The van der Waals surface area contributed by atoms with Crippen LogP contribution >= 0.6 is 0 Å². The van der Waals surface area contributed by atoms with Gasteiger partial charge >= 0.3 is 0 Å². The summed E-state index contributed by atoms with van der Waals surface area (Å²) in [6.07, 6.45) is 11.4. The molecule has 0 aliphatic heterocycles. The number of fused-ring (bicyclic) bond motifs is 1. The van der Waals surface area contributed by atoms with E-state index in [1.807, 2.05) is 12.2 Å². The highest BCUT2D eigenvalue weighted by Gasteiger charge is 2.33. The van der Waals surface area contributed by atoms with E-state index in [9.17, 15) is 10.2 Å². The van der Waals surface area contributed by atoms with Crippen molar-refractivity contribution in [3.8, 4) is 0 Å². The lowest BCUT2D eigenvalue weighted by Gasteiger charge is -2.16. The van der Waals surface area contributed by atoms with Gasteiger partial charge in [-0.25, -0.2) is 0 Å². The molecule has 24 heavy (non-hydrogen) atoms. The highest BCUT2D eigenvalue weighted by atomic mass is 16.3. The maximum atomic E-state index is 10.3. The third-order valence-electron chi connectivity index (χ3n) is 5.20. The monoisotopic (exact) mass is 334 g/mol. The number of aliphatic hydroxyl groups excluding tert-OH is 2. The third kappa shape index (κ3) is 4.97. The van der Waals surface area contributed by atoms with Crippen LogP contribution in [0.25, 0.3) is 0 Å². The second kappa shape index (κ2) is 9.43. The summed E-state index contributed by atoms with van der Waals surface area (Å²) in [6, 6.07) is 2.11. The zero-order valence-corrected chi connectivity index (χ0v) is 15.5. The molecule has 1 aromatic rings. The Hall–Kier alpha value is -1.06. The van der Waals surface area contributed by atoms with E-state index in [0.29, 0.717) is 6.42 Å². The molecule has 136 valence electrons. The first-order valence-electron chi connectivity index (χ1n) is 9.72. The van der Waals surface area contributed by atoms with Crippen molar-refractivity contribution in [1.29, 1.82) is 0 Å². The summed E-state index contributed by atoms with van der Waals surface area (Å²) in [7, 11) is 0. The van der Waals surface area contributed by atoms with Crippen LogP contribution in [0.15, 0.2) is 22.6 Å². The van der Waals surface area contributed by atoms with Gasteiger partial charge < -0.3 is 14.6 Å². The fourth-order valence-electron chi connectivity index (χ4n) is 3.49. The second-order valence-corrected chi connectivity index (χ2v) is 7.34. The van der Waals surface area contributed by atoms with E-state index < -0.39 is 12.2 Å². The van der Waals surface area contributed by atoms with Crippen LogP contribution in [-0.4, -0.2) is 22.4 Å². The van der Waals surface area contributed by atoms with Crippen molar-refractivity contribution in [2.75, 3.05) is 0 Å². The van der Waals surface area contributed by atoms with Crippen molar-refractivity contribution in [1.82, 2.24) is 0 Å². The van der Waals surface area contributed by atoms with Crippen LogP contribution in [0.3, 0.4) is 0 Å². The summed E-state index contributed by atoms with van der Waals surface area (Å²) < 4.78 is 5.92. The average molecular weight is 335 g/mol. The summed E-state index contributed by atoms with van der Waals surface area (Å²) in [4.78, 5) is 0. The summed E-state index contributed by atoms with van der Waals surface area (Å²) in [5.41, 5.74) is 1.11. The van der Waals surface area contributed by atoms with Crippen molar-refractivity contribution in [2.24, 2.45) is 5.92 Å².